The Morgan fingerprint density at radius 2 is 1.68 bits per heavy atom. The quantitative estimate of drug-likeness (QED) is 0.448. The molecule has 7 nitrogen and oxygen atoms in total. The Hall–Kier alpha value is -3.23. The maximum absolute atomic E-state index is 13.7. The van der Waals surface area contributed by atoms with E-state index in [2.05, 4.69) is 17.4 Å². The van der Waals surface area contributed by atoms with Gasteiger partial charge in [0, 0.05) is 6.07 Å². The zero-order valence-corrected chi connectivity index (χ0v) is 20.0. The summed E-state index contributed by atoms with van der Waals surface area (Å²) in [6, 6.07) is 18.2. The zero-order chi connectivity index (χ0) is 24.1. The second-order valence-electron chi connectivity index (χ2n) is 8.58. The first-order chi connectivity index (χ1) is 16.4. The number of phenols is 2. The summed E-state index contributed by atoms with van der Waals surface area (Å²) < 4.78 is 33.8. The molecule has 3 aromatic rings. The number of anilines is 1. The van der Waals surface area contributed by atoms with Gasteiger partial charge in [0.2, 0.25) is 0 Å². The van der Waals surface area contributed by atoms with Gasteiger partial charge in [-0.1, -0.05) is 24.3 Å². The lowest BCUT2D eigenvalue weighted by Gasteiger charge is -2.26. The smallest absolute Gasteiger partial charge is 0.268 e. The number of rotatable bonds is 8. The summed E-state index contributed by atoms with van der Waals surface area (Å²) >= 11 is 0. The fourth-order valence-electron chi connectivity index (χ4n) is 4.35. The number of piperidine rings is 1. The van der Waals surface area contributed by atoms with Gasteiger partial charge in [-0.15, -0.1) is 0 Å². The fraction of sp³-hybridized carbons (Fsp3) is 0.308. The molecule has 0 aromatic heterocycles. The molecule has 0 radical (unpaired) electrons. The van der Waals surface area contributed by atoms with Crippen LogP contribution in [0.4, 0.5) is 5.69 Å². The van der Waals surface area contributed by atoms with Crippen molar-refractivity contribution in [1.82, 2.24) is 5.32 Å². The van der Waals surface area contributed by atoms with Gasteiger partial charge in [-0.05, 0) is 85.8 Å². The van der Waals surface area contributed by atoms with Crippen molar-refractivity contribution in [2.24, 2.45) is 5.92 Å². The summed E-state index contributed by atoms with van der Waals surface area (Å²) in [5.74, 6) is 0.514. The molecular weight excluding hydrogens is 452 g/mol. The van der Waals surface area contributed by atoms with Crippen molar-refractivity contribution in [2.75, 3.05) is 24.5 Å². The van der Waals surface area contributed by atoms with E-state index in [0.29, 0.717) is 17.4 Å². The van der Waals surface area contributed by atoms with E-state index >= 15 is 0 Å². The van der Waals surface area contributed by atoms with Crippen LogP contribution in [0.1, 0.15) is 24.0 Å². The lowest BCUT2D eigenvalue weighted by molar-refractivity contribution is 0.372. The second kappa shape index (κ2) is 10.4. The van der Waals surface area contributed by atoms with E-state index in [9.17, 15) is 18.6 Å². The van der Waals surface area contributed by atoms with Crippen molar-refractivity contribution < 1.29 is 23.4 Å². The van der Waals surface area contributed by atoms with Crippen LogP contribution in [0.5, 0.6) is 17.2 Å². The first-order valence-corrected chi connectivity index (χ1v) is 12.8. The standard InChI is InChI=1S/C26H30N2O5S/c1-33-24-8-5-22(6-9-24)28(34(31,32)26-10-7-23(29)17-25(26)30)18-21-4-2-3-20(16-21)15-19-11-13-27-14-12-19/h2-10,16-17,19,27,29-30H,11-15,18H2,1H3. The maximum Gasteiger partial charge on any atom is 0.268 e. The SMILES string of the molecule is COc1ccc(N(Cc2cccc(CC3CCNCC3)c2)S(=O)(=O)c2ccc(O)cc2O)cc1. The molecule has 4 rings (SSSR count). The van der Waals surface area contributed by atoms with Crippen molar-refractivity contribution in [1.29, 1.82) is 0 Å². The van der Waals surface area contributed by atoms with E-state index in [1.165, 1.54) is 22.0 Å². The molecule has 0 aliphatic carbocycles. The van der Waals surface area contributed by atoms with Crippen LogP contribution >= 0.6 is 0 Å². The van der Waals surface area contributed by atoms with Gasteiger partial charge >= 0.3 is 0 Å². The number of hydrogen-bond acceptors (Lipinski definition) is 6. The highest BCUT2D eigenvalue weighted by Gasteiger charge is 2.28. The van der Waals surface area contributed by atoms with Gasteiger partial charge in [0.05, 0.1) is 19.3 Å². The van der Waals surface area contributed by atoms with Crippen LogP contribution in [0.3, 0.4) is 0 Å². The molecule has 180 valence electrons. The molecule has 1 aliphatic rings. The van der Waals surface area contributed by atoms with E-state index in [1.807, 2.05) is 12.1 Å². The number of ether oxygens (including phenoxy) is 1. The number of nitrogens with zero attached hydrogens (tertiary/aromatic N) is 1. The summed E-state index contributed by atoms with van der Waals surface area (Å²) in [6.07, 6.45) is 3.23. The highest BCUT2D eigenvalue weighted by Crippen LogP contribution is 2.33. The van der Waals surface area contributed by atoms with Gasteiger partial charge in [-0.2, -0.15) is 0 Å². The third-order valence-electron chi connectivity index (χ3n) is 6.17. The summed E-state index contributed by atoms with van der Waals surface area (Å²) in [6.45, 7) is 2.16. The summed E-state index contributed by atoms with van der Waals surface area (Å²) in [4.78, 5) is -0.271. The van der Waals surface area contributed by atoms with Crippen molar-refractivity contribution >= 4 is 15.7 Å². The molecule has 1 aliphatic heterocycles. The third-order valence-corrected chi connectivity index (χ3v) is 7.99. The predicted molar refractivity (Wildman–Crippen MR) is 132 cm³/mol. The number of methoxy groups -OCH3 is 1. The summed E-state index contributed by atoms with van der Waals surface area (Å²) in [7, 11) is -2.59. The Bertz CT molecular complexity index is 1220. The van der Waals surface area contributed by atoms with Gasteiger partial charge in [0.25, 0.3) is 10.0 Å². The minimum atomic E-state index is -4.14. The van der Waals surface area contributed by atoms with Gasteiger partial charge in [0.15, 0.2) is 0 Å². The highest BCUT2D eigenvalue weighted by molar-refractivity contribution is 7.92. The first kappa shape index (κ1) is 23.9. The average molecular weight is 483 g/mol. The molecule has 34 heavy (non-hydrogen) atoms. The van der Waals surface area contributed by atoms with E-state index in [-0.39, 0.29) is 17.2 Å². The molecule has 1 heterocycles. The Morgan fingerprint density at radius 1 is 0.971 bits per heavy atom. The average Bonchev–Trinajstić information content (AvgIpc) is 2.83. The molecule has 1 fully saturated rings. The molecule has 0 unspecified atom stereocenters. The lowest BCUT2D eigenvalue weighted by atomic mass is 9.90. The Labute approximate surface area is 200 Å². The first-order valence-electron chi connectivity index (χ1n) is 11.3. The van der Waals surface area contributed by atoms with Crippen molar-refractivity contribution in [2.45, 2.75) is 30.7 Å². The van der Waals surface area contributed by atoms with Crippen molar-refractivity contribution in [3.05, 3.63) is 77.9 Å². The van der Waals surface area contributed by atoms with Crippen LogP contribution < -0.4 is 14.4 Å². The minimum Gasteiger partial charge on any atom is -0.508 e. The Morgan fingerprint density at radius 3 is 2.35 bits per heavy atom. The maximum atomic E-state index is 13.7. The predicted octanol–water partition coefficient (Wildman–Crippen LogP) is 4.04. The normalized spacial score (nSPS) is 14.6. The van der Waals surface area contributed by atoms with Gasteiger partial charge in [-0.3, -0.25) is 4.31 Å². The number of benzene rings is 3. The lowest BCUT2D eigenvalue weighted by Crippen LogP contribution is -2.31. The van der Waals surface area contributed by atoms with Crippen LogP contribution in [-0.4, -0.2) is 38.8 Å². The largest absolute Gasteiger partial charge is 0.508 e. The molecule has 0 amide bonds. The highest BCUT2D eigenvalue weighted by atomic mass is 32.2. The zero-order valence-electron chi connectivity index (χ0n) is 19.1. The van der Waals surface area contributed by atoms with Crippen LogP contribution in [0.15, 0.2) is 71.6 Å². The van der Waals surface area contributed by atoms with Crippen LogP contribution in [0.2, 0.25) is 0 Å². The molecule has 0 atom stereocenters. The van der Waals surface area contributed by atoms with Crippen LogP contribution in [0.25, 0.3) is 0 Å². The molecule has 0 saturated carbocycles. The second-order valence-corrected chi connectivity index (χ2v) is 10.4. The molecule has 3 N–H and O–H groups in total. The van der Waals surface area contributed by atoms with Gasteiger partial charge < -0.3 is 20.3 Å². The van der Waals surface area contributed by atoms with Crippen LogP contribution in [0, 0.1) is 5.92 Å². The summed E-state index contributed by atoms with van der Waals surface area (Å²) in [5, 5.41) is 23.3. The molecule has 8 heteroatoms. The number of sulfonamides is 1. The Balaban J connectivity index is 1.68. The molecule has 0 spiro atoms. The van der Waals surface area contributed by atoms with Crippen molar-refractivity contribution in [3.8, 4) is 17.2 Å². The topological polar surface area (TPSA) is 99.1 Å². The number of nitrogens with one attached hydrogen (secondary N) is 1. The van der Waals surface area contributed by atoms with E-state index in [4.69, 9.17) is 4.74 Å². The van der Waals surface area contributed by atoms with Gasteiger partial charge in [-0.25, -0.2) is 8.42 Å². The number of aromatic hydroxyl groups is 2. The van der Waals surface area contributed by atoms with E-state index in [1.54, 1.807) is 31.4 Å². The minimum absolute atomic E-state index is 0.0923. The van der Waals surface area contributed by atoms with E-state index in [0.717, 1.165) is 44.0 Å². The number of phenolic OH excluding ortho intramolecular Hbond substituents is 2. The fourth-order valence-corrected chi connectivity index (χ4v) is 5.87. The monoisotopic (exact) mass is 482 g/mol. The molecule has 0 bridgehead atoms. The number of hydrogen-bond donors (Lipinski definition) is 3. The van der Waals surface area contributed by atoms with E-state index < -0.39 is 15.8 Å². The molecule has 1 saturated heterocycles. The third kappa shape index (κ3) is 5.46. The van der Waals surface area contributed by atoms with Crippen LogP contribution in [-0.2, 0) is 23.0 Å². The molecular formula is C26H30N2O5S. The van der Waals surface area contributed by atoms with Gasteiger partial charge in [0.1, 0.15) is 22.1 Å². The van der Waals surface area contributed by atoms with Crippen molar-refractivity contribution in [3.63, 3.8) is 0 Å². The Kier molecular flexibility index (Phi) is 7.29. The molecule has 3 aromatic carbocycles. The summed E-state index contributed by atoms with van der Waals surface area (Å²) in [5.41, 5.74) is 2.48.